The molecule has 0 aliphatic heterocycles. The second kappa shape index (κ2) is 6.90. The van der Waals surface area contributed by atoms with Crippen LogP contribution >= 0.6 is 0 Å². The first-order chi connectivity index (χ1) is 9.97. The van der Waals surface area contributed by atoms with Gasteiger partial charge in [-0.05, 0) is 31.9 Å². The normalized spacial score (nSPS) is 19.7. The van der Waals surface area contributed by atoms with E-state index in [0.29, 0.717) is 11.4 Å². The Hall–Kier alpha value is -0.910. The van der Waals surface area contributed by atoms with Crippen molar-refractivity contribution in [2.45, 2.75) is 62.3 Å². The third-order valence-corrected chi connectivity index (χ3v) is 5.98. The first kappa shape index (κ1) is 16.5. The maximum Gasteiger partial charge on any atom is 0.241 e. The molecule has 21 heavy (non-hydrogen) atoms. The summed E-state index contributed by atoms with van der Waals surface area (Å²) in [7, 11) is -3.51. The lowest BCUT2D eigenvalue weighted by Crippen LogP contribution is -2.53. The van der Waals surface area contributed by atoms with Gasteiger partial charge in [-0.2, -0.15) is 0 Å². The summed E-state index contributed by atoms with van der Waals surface area (Å²) in [5, 5.41) is 0. The van der Waals surface area contributed by atoms with Crippen molar-refractivity contribution < 1.29 is 8.42 Å². The van der Waals surface area contributed by atoms with E-state index in [-0.39, 0.29) is 0 Å². The minimum absolute atomic E-state index is 0.322. The number of nitrogens with two attached hydrogens (primary N) is 1. The molecule has 0 aromatic heterocycles. The van der Waals surface area contributed by atoms with Gasteiger partial charge in [0.25, 0.3) is 0 Å². The summed E-state index contributed by atoms with van der Waals surface area (Å²) in [6.45, 7) is 2.30. The molecule has 0 heterocycles. The summed E-state index contributed by atoms with van der Waals surface area (Å²) < 4.78 is 28.1. The van der Waals surface area contributed by atoms with Gasteiger partial charge in [-0.15, -0.1) is 0 Å². The highest BCUT2D eigenvalue weighted by atomic mass is 32.2. The first-order valence-electron chi connectivity index (χ1n) is 7.78. The van der Waals surface area contributed by atoms with Crippen LogP contribution in [-0.2, 0) is 10.0 Å². The Kier molecular flexibility index (Phi) is 5.41. The van der Waals surface area contributed by atoms with E-state index in [1.54, 1.807) is 12.1 Å². The molecule has 0 radical (unpaired) electrons. The molecule has 0 spiro atoms. The lowest BCUT2D eigenvalue weighted by molar-refractivity contribution is 0.296. The number of rotatable bonds is 4. The van der Waals surface area contributed by atoms with Crippen LogP contribution in [0.2, 0.25) is 0 Å². The SMILES string of the molecule is Cc1ccc(S(=O)(=O)NC2(CN)CCCCCCC2)cc1. The molecule has 1 aliphatic rings. The molecule has 0 saturated heterocycles. The van der Waals surface area contributed by atoms with E-state index in [1.165, 1.54) is 6.42 Å². The molecule has 5 heteroatoms. The molecule has 118 valence electrons. The zero-order valence-electron chi connectivity index (χ0n) is 12.8. The summed E-state index contributed by atoms with van der Waals surface area (Å²) in [6.07, 6.45) is 7.29. The lowest BCUT2D eigenvalue weighted by Gasteiger charge is -2.35. The Labute approximate surface area is 128 Å². The van der Waals surface area contributed by atoms with Gasteiger partial charge in [-0.3, -0.25) is 0 Å². The van der Waals surface area contributed by atoms with Crippen LogP contribution in [0.1, 0.15) is 50.5 Å². The van der Waals surface area contributed by atoms with E-state index in [1.807, 2.05) is 19.1 Å². The van der Waals surface area contributed by atoms with Crippen molar-refractivity contribution in [2.75, 3.05) is 6.54 Å². The molecule has 1 aromatic rings. The molecule has 2 rings (SSSR count). The number of nitrogens with one attached hydrogen (secondary N) is 1. The Morgan fingerprint density at radius 3 is 2.10 bits per heavy atom. The Morgan fingerprint density at radius 2 is 1.57 bits per heavy atom. The van der Waals surface area contributed by atoms with Crippen LogP contribution in [0.5, 0.6) is 0 Å². The number of benzene rings is 1. The lowest BCUT2D eigenvalue weighted by atomic mass is 9.85. The van der Waals surface area contributed by atoms with Crippen molar-refractivity contribution in [1.29, 1.82) is 0 Å². The smallest absolute Gasteiger partial charge is 0.241 e. The minimum atomic E-state index is -3.51. The third-order valence-electron chi connectivity index (χ3n) is 4.38. The van der Waals surface area contributed by atoms with Gasteiger partial charge < -0.3 is 5.73 Å². The zero-order chi connectivity index (χ0) is 15.3. The largest absolute Gasteiger partial charge is 0.329 e. The number of aryl methyl sites for hydroxylation is 1. The van der Waals surface area contributed by atoms with Crippen LogP contribution in [-0.4, -0.2) is 20.5 Å². The van der Waals surface area contributed by atoms with E-state index >= 15 is 0 Å². The molecule has 0 atom stereocenters. The fourth-order valence-corrected chi connectivity index (χ4v) is 4.46. The summed E-state index contributed by atoms with van der Waals surface area (Å²) >= 11 is 0. The second-order valence-corrected chi connectivity index (χ2v) is 7.85. The van der Waals surface area contributed by atoms with Gasteiger partial charge in [0.1, 0.15) is 0 Å². The Morgan fingerprint density at radius 1 is 1.05 bits per heavy atom. The third kappa shape index (κ3) is 4.28. The van der Waals surface area contributed by atoms with Gasteiger partial charge in [-0.1, -0.05) is 49.8 Å². The number of hydrogen-bond acceptors (Lipinski definition) is 3. The van der Waals surface area contributed by atoms with Gasteiger partial charge in [-0.25, -0.2) is 13.1 Å². The standard InChI is InChI=1S/C16H26N2O2S/c1-14-7-9-15(10-8-14)21(19,20)18-16(13-17)11-5-3-2-4-6-12-16/h7-10,18H,2-6,11-13,17H2,1H3. The Balaban J connectivity index is 2.20. The average molecular weight is 310 g/mol. The fraction of sp³-hybridized carbons (Fsp3) is 0.625. The predicted molar refractivity (Wildman–Crippen MR) is 85.6 cm³/mol. The van der Waals surface area contributed by atoms with Crippen LogP contribution in [0.15, 0.2) is 29.2 Å². The molecule has 1 aromatic carbocycles. The Bertz CT molecular complexity index is 544. The monoisotopic (exact) mass is 310 g/mol. The average Bonchev–Trinajstić information content (AvgIpc) is 2.42. The topological polar surface area (TPSA) is 72.2 Å². The summed E-state index contributed by atoms with van der Waals surface area (Å²) in [5.74, 6) is 0. The van der Waals surface area contributed by atoms with Crippen molar-refractivity contribution in [3.05, 3.63) is 29.8 Å². The number of sulfonamides is 1. The maximum absolute atomic E-state index is 12.6. The highest BCUT2D eigenvalue weighted by molar-refractivity contribution is 7.89. The van der Waals surface area contributed by atoms with Crippen LogP contribution < -0.4 is 10.5 Å². The first-order valence-corrected chi connectivity index (χ1v) is 9.27. The van der Waals surface area contributed by atoms with Crippen molar-refractivity contribution in [1.82, 2.24) is 4.72 Å². The van der Waals surface area contributed by atoms with Gasteiger partial charge in [0.2, 0.25) is 10.0 Å². The van der Waals surface area contributed by atoms with Crippen LogP contribution in [0.3, 0.4) is 0 Å². The predicted octanol–water partition coefficient (Wildman–Crippen LogP) is 2.72. The second-order valence-electron chi connectivity index (χ2n) is 6.17. The fourth-order valence-electron chi connectivity index (χ4n) is 2.99. The van der Waals surface area contributed by atoms with Crippen LogP contribution in [0, 0.1) is 6.92 Å². The molecule has 0 unspecified atom stereocenters. The molecular weight excluding hydrogens is 284 g/mol. The molecule has 0 amide bonds. The highest BCUT2D eigenvalue weighted by Gasteiger charge is 2.33. The minimum Gasteiger partial charge on any atom is -0.329 e. The molecule has 1 saturated carbocycles. The van der Waals surface area contributed by atoms with Crippen molar-refractivity contribution >= 4 is 10.0 Å². The van der Waals surface area contributed by atoms with E-state index in [9.17, 15) is 8.42 Å². The van der Waals surface area contributed by atoms with Crippen molar-refractivity contribution in [2.24, 2.45) is 5.73 Å². The summed E-state index contributed by atoms with van der Waals surface area (Å²) in [5.41, 5.74) is 6.51. The zero-order valence-corrected chi connectivity index (χ0v) is 13.6. The van der Waals surface area contributed by atoms with Gasteiger partial charge >= 0.3 is 0 Å². The summed E-state index contributed by atoms with van der Waals surface area (Å²) in [4.78, 5) is 0.322. The van der Waals surface area contributed by atoms with Gasteiger partial charge in [0.15, 0.2) is 0 Å². The molecular formula is C16H26N2O2S. The van der Waals surface area contributed by atoms with Gasteiger partial charge in [0, 0.05) is 12.1 Å². The molecule has 0 bridgehead atoms. The molecule has 1 fully saturated rings. The van der Waals surface area contributed by atoms with Gasteiger partial charge in [0.05, 0.1) is 4.90 Å². The van der Waals surface area contributed by atoms with E-state index in [2.05, 4.69) is 4.72 Å². The van der Waals surface area contributed by atoms with Crippen LogP contribution in [0.4, 0.5) is 0 Å². The van der Waals surface area contributed by atoms with E-state index in [4.69, 9.17) is 5.73 Å². The van der Waals surface area contributed by atoms with E-state index in [0.717, 1.165) is 44.1 Å². The quantitative estimate of drug-likeness (QED) is 0.898. The highest BCUT2D eigenvalue weighted by Crippen LogP contribution is 2.27. The molecule has 4 nitrogen and oxygen atoms in total. The van der Waals surface area contributed by atoms with Crippen LogP contribution in [0.25, 0.3) is 0 Å². The molecule has 1 aliphatic carbocycles. The van der Waals surface area contributed by atoms with Crippen molar-refractivity contribution in [3.63, 3.8) is 0 Å². The molecule has 3 N–H and O–H groups in total. The maximum atomic E-state index is 12.6. The van der Waals surface area contributed by atoms with E-state index < -0.39 is 15.6 Å². The summed E-state index contributed by atoms with van der Waals surface area (Å²) in [6, 6.07) is 6.96. The van der Waals surface area contributed by atoms with Crippen molar-refractivity contribution in [3.8, 4) is 0 Å². The number of hydrogen-bond donors (Lipinski definition) is 2.